The molecule has 1 saturated heterocycles. The molecule has 1 aliphatic rings. The second kappa shape index (κ2) is 8.12. The van der Waals surface area contributed by atoms with Crippen LogP contribution in [0.25, 0.3) is 0 Å². The highest BCUT2D eigenvalue weighted by Crippen LogP contribution is 2.25. The molecule has 1 fully saturated rings. The van der Waals surface area contributed by atoms with Crippen LogP contribution in [-0.2, 0) is 0 Å². The highest BCUT2D eigenvalue weighted by Gasteiger charge is 2.18. The first-order valence-electron chi connectivity index (χ1n) is 8.67. The van der Waals surface area contributed by atoms with Gasteiger partial charge in [-0.15, -0.1) is 0 Å². The van der Waals surface area contributed by atoms with E-state index in [0.29, 0.717) is 16.7 Å². The van der Waals surface area contributed by atoms with E-state index in [4.69, 9.17) is 12.2 Å². The van der Waals surface area contributed by atoms with Crippen molar-refractivity contribution in [2.24, 2.45) is 0 Å². The number of piperidine rings is 1. The Balaban J connectivity index is 1.57. The van der Waals surface area contributed by atoms with E-state index in [1.807, 2.05) is 30.3 Å². The lowest BCUT2D eigenvalue weighted by atomic mass is 10.0. The maximum atomic E-state index is 12.1. The average molecular weight is 353 g/mol. The number of rotatable bonds is 3. The molecule has 0 unspecified atom stereocenters. The molecule has 5 heteroatoms. The van der Waals surface area contributed by atoms with Crippen molar-refractivity contribution in [2.75, 3.05) is 16.8 Å². The number of carbonyl (C=O) groups is 1. The Morgan fingerprint density at radius 3 is 2.48 bits per heavy atom. The van der Waals surface area contributed by atoms with Gasteiger partial charge in [-0.25, -0.2) is 0 Å². The number of thiocarbonyl (C=S) groups is 1. The van der Waals surface area contributed by atoms with Crippen LogP contribution in [-0.4, -0.2) is 23.6 Å². The normalized spacial score (nSPS) is 17.0. The smallest absolute Gasteiger partial charge is 0.257 e. The minimum atomic E-state index is -0.211. The summed E-state index contributed by atoms with van der Waals surface area (Å²) in [5.41, 5.74) is 2.69. The van der Waals surface area contributed by atoms with E-state index in [1.165, 1.54) is 24.9 Å². The molecular weight excluding hydrogens is 330 g/mol. The minimum Gasteiger partial charge on any atom is -0.369 e. The number of anilines is 2. The third-order valence-corrected chi connectivity index (χ3v) is 4.73. The summed E-state index contributed by atoms with van der Waals surface area (Å²) in [6.45, 7) is 3.39. The van der Waals surface area contributed by atoms with Crippen LogP contribution in [0.5, 0.6) is 0 Å². The van der Waals surface area contributed by atoms with Gasteiger partial charge >= 0.3 is 0 Å². The molecule has 0 spiro atoms. The molecule has 0 aromatic heterocycles. The predicted molar refractivity (Wildman–Crippen MR) is 107 cm³/mol. The zero-order valence-electron chi connectivity index (χ0n) is 14.4. The Hall–Kier alpha value is -2.40. The molecule has 25 heavy (non-hydrogen) atoms. The van der Waals surface area contributed by atoms with Crippen LogP contribution in [0.3, 0.4) is 0 Å². The Morgan fingerprint density at radius 2 is 1.80 bits per heavy atom. The van der Waals surface area contributed by atoms with Crippen molar-refractivity contribution in [3.05, 3.63) is 60.2 Å². The summed E-state index contributed by atoms with van der Waals surface area (Å²) < 4.78 is 0. The van der Waals surface area contributed by atoms with Gasteiger partial charge in [0.2, 0.25) is 0 Å². The summed E-state index contributed by atoms with van der Waals surface area (Å²) in [6, 6.07) is 17.8. The van der Waals surface area contributed by atoms with Crippen molar-refractivity contribution in [2.45, 2.75) is 32.2 Å². The Kier molecular flexibility index (Phi) is 5.66. The molecule has 2 aromatic rings. The zero-order valence-corrected chi connectivity index (χ0v) is 15.2. The van der Waals surface area contributed by atoms with Crippen LogP contribution in [0.4, 0.5) is 11.4 Å². The van der Waals surface area contributed by atoms with Crippen molar-refractivity contribution in [1.82, 2.24) is 5.32 Å². The SMILES string of the molecule is C[C@H]1CCCCN1c1ccc(NC(=S)NC(=O)c2ccccc2)cc1. The van der Waals surface area contributed by atoms with E-state index in [-0.39, 0.29) is 5.91 Å². The minimum absolute atomic E-state index is 0.211. The van der Waals surface area contributed by atoms with Crippen LogP contribution in [0.15, 0.2) is 54.6 Å². The van der Waals surface area contributed by atoms with Crippen molar-refractivity contribution in [3.8, 4) is 0 Å². The second-order valence-electron chi connectivity index (χ2n) is 6.36. The molecular formula is C20H23N3OS. The maximum absolute atomic E-state index is 12.1. The number of nitrogens with zero attached hydrogens (tertiary/aromatic N) is 1. The Bertz CT molecular complexity index is 730. The van der Waals surface area contributed by atoms with Crippen LogP contribution in [0.2, 0.25) is 0 Å². The van der Waals surface area contributed by atoms with E-state index < -0.39 is 0 Å². The quantitative estimate of drug-likeness (QED) is 0.812. The topological polar surface area (TPSA) is 44.4 Å². The second-order valence-corrected chi connectivity index (χ2v) is 6.77. The number of benzene rings is 2. The van der Waals surface area contributed by atoms with Gasteiger partial charge in [-0.05, 0) is 74.8 Å². The molecule has 1 atom stereocenters. The number of hydrogen-bond donors (Lipinski definition) is 2. The molecule has 0 radical (unpaired) electrons. The third kappa shape index (κ3) is 4.57. The fourth-order valence-electron chi connectivity index (χ4n) is 3.15. The summed E-state index contributed by atoms with van der Waals surface area (Å²) in [5, 5.41) is 6.06. The highest BCUT2D eigenvalue weighted by molar-refractivity contribution is 7.80. The van der Waals surface area contributed by atoms with E-state index in [2.05, 4.69) is 34.6 Å². The number of hydrogen-bond acceptors (Lipinski definition) is 3. The van der Waals surface area contributed by atoms with Gasteiger partial charge in [0.05, 0.1) is 0 Å². The van der Waals surface area contributed by atoms with Crippen LogP contribution < -0.4 is 15.5 Å². The molecule has 1 aliphatic heterocycles. The van der Waals surface area contributed by atoms with E-state index in [0.717, 1.165) is 12.2 Å². The van der Waals surface area contributed by atoms with Gasteiger partial charge in [0.15, 0.2) is 5.11 Å². The van der Waals surface area contributed by atoms with Gasteiger partial charge in [0, 0.05) is 29.5 Å². The number of amides is 1. The highest BCUT2D eigenvalue weighted by atomic mass is 32.1. The monoisotopic (exact) mass is 353 g/mol. The van der Waals surface area contributed by atoms with Crippen molar-refractivity contribution in [1.29, 1.82) is 0 Å². The molecule has 2 N–H and O–H groups in total. The summed E-state index contributed by atoms with van der Waals surface area (Å²) >= 11 is 5.24. The Labute approximate surface area is 154 Å². The lowest BCUT2D eigenvalue weighted by Gasteiger charge is -2.35. The summed E-state index contributed by atoms with van der Waals surface area (Å²) in [5.74, 6) is -0.211. The van der Waals surface area contributed by atoms with Gasteiger partial charge in [0.25, 0.3) is 5.91 Å². The lowest BCUT2D eigenvalue weighted by Crippen LogP contribution is -2.37. The molecule has 2 aromatic carbocycles. The maximum Gasteiger partial charge on any atom is 0.257 e. The van der Waals surface area contributed by atoms with Crippen LogP contribution in [0, 0.1) is 0 Å². The van der Waals surface area contributed by atoms with E-state index in [9.17, 15) is 4.79 Å². The van der Waals surface area contributed by atoms with E-state index in [1.54, 1.807) is 12.1 Å². The standard InChI is InChI=1S/C20H23N3OS/c1-15-7-5-6-14-23(15)18-12-10-17(11-13-18)21-20(25)22-19(24)16-8-3-2-4-9-16/h2-4,8-13,15H,5-7,14H2,1H3,(H2,21,22,24,25)/t15-/m0/s1. The fourth-order valence-corrected chi connectivity index (χ4v) is 3.36. The first-order valence-corrected chi connectivity index (χ1v) is 9.08. The van der Waals surface area contributed by atoms with Gasteiger partial charge in [0.1, 0.15) is 0 Å². The molecule has 1 heterocycles. The molecule has 3 rings (SSSR count). The Morgan fingerprint density at radius 1 is 1.08 bits per heavy atom. The summed E-state index contributed by atoms with van der Waals surface area (Å²) in [6.07, 6.45) is 3.81. The van der Waals surface area contributed by atoms with E-state index >= 15 is 0 Å². The third-order valence-electron chi connectivity index (χ3n) is 4.52. The fraction of sp³-hybridized carbons (Fsp3) is 0.300. The zero-order chi connectivity index (χ0) is 17.6. The predicted octanol–water partition coefficient (Wildman–Crippen LogP) is 4.19. The van der Waals surface area contributed by atoms with Gasteiger partial charge in [-0.1, -0.05) is 18.2 Å². The van der Waals surface area contributed by atoms with Gasteiger partial charge in [-0.2, -0.15) is 0 Å². The van der Waals surface area contributed by atoms with Crippen LogP contribution >= 0.6 is 12.2 Å². The number of nitrogens with one attached hydrogen (secondary N) is 2. The largest absolute Gasteiger partial charge is 0.369 e. The first kappa shape index (κ1) is 17.4. The molecule has 0 saturated carbocycles. The summed E-state index contributed by atoms with van der Waals surface area (Å²) in [7, 11) is 0. The molecule has 4 nitrogen and oxygen atoms in total. The van der Waals surface area contributed by atoms with Gasteiger partial charge in [-0.3, -0.25) is 10.1 Å². The molecule has 1 amide bonds. The molecule has 130 valence electrons. The van der Waals surface area contributed by atoms with Crippen molar-refractivity contribution < 1.29 is 4.79 Å². The average Bonchev–Trinajstić information content (AvgIpc) is 2.63. The van der Waals surface area contributed by atoms with Gasteiger partial charge < -0.3 is 10.2 Å². The first-order chi connectivity index (χ1) is 12.1. The number of carbonyl (C=O) groups excluding carboxylic acids is 1. The van der Waals surface area contributed by atoms with Crippen LogP contribution in [0.1, 0.15) is 36.5 Å². The lowest BCUT2D eigenvalue weighted by molar-refractivity contribution is 0.0977. The summed E-state index contributed by atoms with van der Waals surface area (Å²) in [4.78, 5) is 14.5. The van der Waals surface area contributed by atoms with Crippen molar-refractivity contribution in [3.63, 3.8) is 0 Å². The molecule has 0 aliphatic carbocycles. The van der Waals surface area contributed by atoms with Crippen molar-refractivity contribution >= 4 is 34.6 Å². The molecule has 0 bridgehead atoms.